The molecule has 3 rings (SSSR count). The van der Waals surface area contributed by atoms with Gasteiger partial charge in [-0.15, -0.1) is 0 Å². The van der Waals surface area contributed by atoms with Crippen molar-refractivity contribution in [3.05, 3.63) is 58.1 Å². The predicted molar refractivity (Wildman–Crippen MR) is 99.5 cm³/mol. The lowest BCUT2D eigenvalue weighted by Crippen LogP contribution is -2.30. The molecular formula is C19H23N3O3. The van der Waals surface area contributed by atoms with Gasteiger partial charge in [-0.3, -0.25) is 10.1 Å². The summed E-state index contributed by atoms with van der Waals surface area (Å²) in [6, 6.07) is 12.8. The molecule has 0 amide bonds. The minimum absolute atomic E-state index is 0.132. The molecule has 0 saturated carbocycles. The molecule has 2 aromatic rings. The van der Waals surface area contributed by atoms with Gasteiger partial charge in [-0.25, -0.2) is 0 Å². The summed E-state index contributed by atoms with van der Waals surface area (Å²) in [7, 11) is 1.64. The number of rotatable bonds is 6. The van der Waals surface area contributed by atoms with Gasteiger partial charge < -0.3 is 15.0 Å². The number of piperidine rings is 1. The fraction of sp³-hybridized carbons (Fsp3) is 0.368. The fourth-order valence-corrected chi connectivity index (χ4v) is 3.18. The predicted octanol–water partition coefficient (Wildman–Crippen LogP) is 4.21. The lowest BCUT2D eigenvalue weighted by Gasteiger charge is -2.30. The standard InChI is InChI=1S/C19H23N3O3/c1-25-18-8-5-16(6-9-18)20-14-15-13-17(22(23)24)7-10-19(15)21-11-3-2-4-12-21/h5-10,13,20H,2-4,11-12,14H2,1H3. The third-order valence-corrected chi connectivity index (χ3v) is 4.54. The van der Waals surface area contributed by atoms with E-state index in [2.05, 4.69) is 10.2 Å². The van der Waals surface area contributed by atoms with E-state index in [4.69, 9.17) is 4.74 Å². The smallest absolute Gasteiger partial charge is 0.269 e. The van der Waals surface area contributed by atoms with Crippen molar-refractivity contribution in [1.29, 1.82) is 0 Å². The maximum absolute atomic E-state index is 11.1. The molecule has 6 heteroatoms. The van der Waals surface area contributed by atoms with Crippen molar-refractivity contribution < 1.29 is 9.66 Å². The number of methoxy groups -OCH3 is 1. The number of anilines is 2. The normalized spacial score (nSPS) is 14.2. The van der Waals surface area contributed by atoms with Gasteiger partial charge in [0.25, 0.3) is 5.69 Å². The molecule has 1 heterocycles. The van der Waals surface area contributed by atoms with Crippen LogP contribution in [0.15, 0.2) is 42.5 Å². The van der Waals surface area contributed by atoms with Crippen molar-refractivity contribution in [2.45, 2.75) is 25.8 Å². The summed E-state index contributed by atoms with van der Waals surface area (Å²) in [4.78, 5) is 13.1. The molecule has 0 atom stereocenters. The first kappa shape index (κ1) is 17.1. The van der Waals surface area contributed by atoms with Gasteiger partial charge in [0.15, 0.2) is 0 Å². The first-order chi connectivity index (χ1) is 12.2. The fourth-order valence-electron chi connectivity index (χ4n) is 3.18. The van der Waals surface area contributed by atoms with Gasteiger partial charge in [0.2, 0.25) is 0 Å². The first-order valence-electron chi connectivity index (χ1n) is 8.57. The highest BCUT2D eigenvalue weighted by atomic mass is 16.6. The van der Waals surface area contributed by atoms with E-state index in [0.29, 0.717) is 6.54 Å². The molecule has 0 aromatic heterocycles. The highest BCUT2D eigenvalue weighted by Gasteiger charge is 2.17. The molecule has 25 heavy (non-hydrogen) atoms. The van der Waals surface area contributed by atoms with Crippen molar-refractivity contribution in [1.82, 2.24) is 0 Å². The van der Waals surface area contributed by atoms with Crippen molar-refractivity contribution in [2.24, 2.45) is 0 Å². The molecule has 2 aromatic carbocycles. The van der Waals surface area contributed by atoms with Crippen LogP contribution in [0.3, 0.4) is 0 Å². The average Bonchev–Trinajstić information content (AvgIpc) is 2.67. The molecule has 1 aliphatic rings. The SMILES string of the molecule is COc1ccc(NCc2cc([N+](=O)[O-])ccc2N2CCCCC2)cc1. The van der Waals surface area contributed by atoms with Crippen LogP contribution in [0.1, 0.15) is 24.8 Å². The second-order valence-electron chi connectivity index (χ2n) is 6.20. The summed E-state index contributed by atoms with van der Waals surface area (Å²) in [6.07, 6.45) is 3.59. The Bertz CT molecular complexity index is 725. The Morgan fingerprint density at radius 2 is 1.84 bits per heavy atom. The molecule has 0 unspecified atom stereocenters. The molecular weight excluding hydrogens is 318 g/mol. The molecule has 0 aliphatic carbocycles. The minimum atomic E-state index is -0.336. The van der Waals surface area contributed by atoms with E-state index in [9.17, 15) is 10.1 Å². The molecule has 1 fully saturated rings. The van der Waals surface area contributed by atoms with E-state index >= 15 is 0 Å². The van der Waals surface area contributed by atoms with Gasteiger partial charge in [-0.1, -0.05) is 0 Å². The van der Waals surface area contributed by atoms with Crippen LogP contribution in [-0.2, 0) is 6.54 Å². The van der Waals surface area contributed by atoms with Gasteiger partial charge >= 0.3 is 0 Å². The Morgan fingerprint density at radius 3 is 2.48 bits per heavy atom. The molecule has 0 spiro atoms. The van der Waals surface area contributed by atoms with E-state index in [1.165, 1.54) is 19.3 Å². The zero-order chi connectivity index (χ0) is 17.6. The van der Waals surface area contributed by atoms with Crippen LogP contribution < -0.4 is 15.0 Å². The van der Waals surface area contributed by atoms with Gasteiger partial charge in [-0.05, 0) is 49.6 Å². The van der Waals surface area contributed by atoms with E-state index in [0.717, 1.165) is 35.8 Å². The van der Waals surface area contributed by atoms with E-state index < -0.39 is 0 Å². The quantitative estimate of drug-likeness (QED) is 0.630. The van der Waals surface area contributed by atoms with Gasteiger partial charge in [-0.2, -0.15) is 0 Å². The second kappa shape index (κ2) is 7.88. The lowest BCUT2D eigenvalue weighted by molar-refractivity contribution is -0.384. The zero-order valence-electron chi connectivity index (χ0n) is 14.4. The number of hydrogen-bond donors (Lipinski definition) is 1. The van der Waals surface area contributed by atoms with Crippen LogP contribution >= 0.6 is 0 Å². The Hall–Kier alpha value is -2.76. The topological polar surface area (TPSA) is 67.6 Å². The summed E-state index contributed by atoms with van der Waals surface area (Å²) in [6.45, 7) is 2.56. The van der Waals surface area contributed by atoms with E-state index in [-0.39, 0.29) is 10.6 Å². The van der Waals surface area contributed by atoms with Gasteiger partial charge in [0, 0.05) is 48.7 Å². The molecule has 0 radical (unpaired) electrons. The number of nitro benzene ring substituents is 1. The molecule has 1 aliphatic heterocycles. The Balaban J connectivity index is 1.80. The summed E-state index contributed by atoms with van der Waals surface area (Å²) >= 11 is 0. The minimum Gasteiger partial charge on any atom is -0.497 e. The summed E-state index contributed by atoms with van der Waals surface area (Å²) in [5.74, 6) is 0.801. The number of benzene rings is 2. The third kappa shape index (κ3) is 4.21. The van der Waals surface area contributed by atoms with E-state index in [1.807, 2.05) is 30.3 Å². The number of nitrogens with one attached hydrogen (secondary N) is 1. The molecule has 132 valence electrons. The third-order valence-electron chi connectivity index (χ3n) is 4.54. The zero-order valence-corrected chi connectivity index (χ0v) is 14.4. The molecule has 1 N–H and O–H groups in total. The summed E-state index contributed by atoms with van der Waals surface area (Å²) < 4.78 is 5.16. The number of non-ortho nitro benzene ring substituents is 1. The number of ether oxygens (including phenoxy) is 1. The molecule has 6 nitrogen and oxygen atoms in total. The number of nitrogens with zero attached hydrogens (tertiary/aromatic N) is 2. The monoisotopic (exact) mass is 341 g/mol. The number of hydrogen-bond acceptors (Lipinski definition) is 5. The van der Waals surface area contributed by atoms with E-state index in [1.54, 1.807) is 19.2 Å². The lowest BCUT2D eigenvalue weighted by atomic mass is 10.1. The van der Waals surface area contributed by atoms with Crippen LogP contribution in [0.25, 0.3) is 0 Å². The van der Waals surface area contributed by atoms with Crippen LogP contribution in [-0.4, -0.2) is 25.1 Å². The first-order valence-corrected chi connectivity index (χ1v) is 8.57. The van der Waals surface area contributed by atoms with Crippen LogP contribution in [0, 0.1) is 10.1 Å². The van der Waals surface area contributed by atoms with Crippen molar-refractivity contribution >= 4 is 17.1 Å². The maximum atomic E-state index is 11.1. The number of nitro groups is 1. The molecule has 1 saturated heterocycles. The average molecular weight is 341 g/mol. The maximum Gasteiger partial charge on any atom is 0.269 e. The van der Waals surface area contributed by atoms with Crippen molar-refractivity contribution in [3.63, 3.8) is 0 Å². The van der Waals surface area contributed by atoms with Crippen molar-refractivity contribution in [2.75, 3.05) is 30.4 Å². The largest absolute Gasteiger partial charge is 0.497 e. The Kier molecular flexibility index (Phi) is 5.38. The second-order valence-corrected chi connectivity index (χ2v) is 6.20. The van der Waals surface area contributed by atoms with Gasteiger partial charge in [0.1, 0.15) is 5.75 Å². The Morgan fingerprint density at radius 1 is 1.12 bits per heavy atom. The van der Waals surface area contributed by atoms with Crippen LogP contribution in [0.2, 0.25) is 0 Å². The summed E-state index contributed by atoms with van der Waals surface area (Å²) in [5, 5.41) is 14.5. The highest BCUT2D eigenvalue weighted by Crippen LogP contribution is 2.29. The van der Waals surface area contributed by atoms with Crippen LogP contribution in [0.5, 0.6) is 5.75 Å². The highest BCUT2D eigenvalue weighted by molar-refractivity contribution is 5.59. The van der Waals surface area contributed by atoms with Crippen molar-refractivity contribution in [3.8, 4) is 5.75 Å². The Labute approximate surface area is 147 Å². The van der Waals surface area contributed by atoms with Gasteiger partial charge in [0.05, 0.1) is 12.0 Å². The van der Waals surface area contributed by atoms with Crippen LogP contribution in [0.4, 0.5) is 17.1 Å². The molecule has 0 bridgehead atoms. The summed E-state index contributed by atoms with van der Waals surface area (Å²) in [5.41, 5.74) is 3.13.